The zero-order chi connectivity index (χ0) is 18.5. The largest absolute Gasteiger partial charge is 0.481 e. The number of hydrogen-bond donors (Lipinski definition) is 2. The monoisotopic (exact) mass is 354 g/mol. The number of pyridine rings is 1. The number of carbonyl (C=O) groups is 1. The number of hydrogen-bond acceptors (Lipinski definition) is 6. The van der Waals surface area contributed by atoms with E-state index in [1.54, 1.807) is 25.4 Å². The van der Waals surface area contributed by atoms with Crippen molar-refractivity contribution in [2.45, 2.75) is 6.92 Å². The van der Waals surface area contributed by atoms with Gasteiger partial charge in [0.1, 0.15) is 11.6 Å². The summed E-state index contributed by atoms with van der Waals surface area (Å²) in [6.07, 6.45) is 6.76. The quantitative estimate of drug-likeness (QED) is 0.644. The fraction of sp³-hybridized carbons (Fsp3) is 0.333. The summed E-state index contributed by atoms with van der Waals surface area (Å²) in [7, 11) is 1.45. The molecule has 2 N–H and O–H groups in total. The maximum absolute atomic E-state index is 11.5. The Morgan fingerprint density at radius 1 is 1.31 bits per heavy atom. The van der Waals surface area contributed by atoms with Crippen LogP contribution in [0.1, 0.15) is 12.7 Å². The van der Waals surface area contributed by atoms with Gasteiger partial charge < -0.3 is 19.5 Å². The second kappa shape index (κ2) is 7.81. The second-order valence-electron chi connectivity index (χ2n) is 5.98. The van der Waals surface area contributed by atoms with Gasteiger partial charge in [0.15, 0.2) is 0 Å². The zero-order valence-corrected chi connectivity index (χ0v) is 14.9. The van der Waals surface area contributed by atoms with E-state index in [1.165, 1.54) is 13.2 Å². The maximum atomic E-state index is 11.5. The minimum atomic E-state index is 0.0684. The van der Waals surface area contributed by atoms with Crippen LogP contribution in [0.4, 0.5) is 5.82 Å². The second-order valence-corrected chi connectivity index (χ2v) is 5.98. The van der Waals surface area contributed by atoms with Crippen LogP contribution in [-0.4, -0.2) is 64.9 Å². The van der Waals surface area contributed by atoms with Gasteiger partial charge in [-0.3, -0.25) is 10.2 Å². The minimum Gasteiger partial charge on any atom is -0.481 e. The van der Waals surface area contributed by atoms with Crippen molar-refractivity contribution in [1.82, 2.24) is 19.9 Å². The molecule has 1 saturated heterocycles. The number of imidazole rings is 1. The summed E-state index contributed by atoms with van der Waals surface area (Å²) >= 11 is 0. The van der Waals surface area contributed by atoms with Gasteiger partial charge in [-0.15, -0.1) is 0 Å². The Bertz CT molecular complexity index is 821. The van der Waals surface area contributed by atoms with Crippen LogP contribution in [0.3, 0.4) is 0 Å². The van der Waals surface area contributed by atoms with Crippen molar-refractivity contribution >= 4 is 23.7 Å². The number of aromatic nitrogens is 3. The Morgan fingerprint density at radius 2 is 2.08 bits per heavy atom. The molecular formula is C18H22N6O2. The van der Waals surface area contributed by atoms with E-state index in [-0.39, 0.29) is 11.8 Å². The molecule has 0 aliphatic carbocycles. The Kier molecular flexibility index (Phi) is 5.31. The van der Waals surface area contributed by atoms with Gasteiger partial charge in [-0.2, -0.15) is 0 Å². The van der Waals surface area contributed by atoms with Gasteiger partial charge >= 0.3 is 0 Å². The molecule has 2 aromatic rings. The summed E-state index contributed by atoms with van der Waals surface area (Å²) in [4.78, 5) is 27.5. The van der Waals surface area contributed by atoms with E-state index < -0.39 is 0 Å². The fourth-order valence-electron chi connectivity index (χ4n) is 2.80. The van der Waals surface area contributed by atoms with E-state index in [2.05, 4.69) is 19.9 Å². The first-order valence-electron chi connectivity index (χ1n) is 8.39. The van der Waals surface area contributed by atoms with Crippen LogP contribution in [0.25, 0.3) is 17.3 Å². The molecule has 1 fully saturated rings. The number of amides is 1. The van der Waals surface area contributed by atoms with Crippen molar-refractivity contribution in [3.05, 3.63) is 36.4 Å². The van der Waals surface area contributed by atoms with Crippen molar-refractivity contribution < 1.29 is 9.53 Å². The van der Waals surface area contributed by atoms with Crippen LogP contribution >= 0.6 is 0 Å². The van der Waals surface area contributed by atoms with Crippen molar-refractivity contribution in [2.75, 3.05) is 38.2 Å². The smallest absolute Gasteiger partial charge is 0.219 e. The highest BCUT2D eigenvalue weighted by Crippen LogP contribution is 2.22. The predicted octanol–water partition coefficient (Wildman–Crippen LogP) is 1.78. The average Bonchev–Trinajstić information content (AvgIpc) is 3.15. The molecule has 0 radical (unpaired) electrons. The molecule has 0 aromatic carbocycles. The third kappa shape index (κ3) is 4.08. The van der Waals surface area contributed by atoms with Crippen molar-refractivity contribution in [2.24, 2.45) is 0 Å². The molecule has 0 unspecified atom stereocenters. The van der Waals surface area contributed by atoms with E-state index >= 15 is 0 Å². The topological polar surface area (TPSA) is 98.2 Å². The number of carbonyl (C=O) groups excluding carboxylic acids is 1. The third-order valence-corrected chi connectivity index (χ3v) is 4.31. The predicted molar refractivity (Wildman–Crippen MR) is 100 cm³/mol. The van der Waals surface area contributed by atoms with Crippen LogP contribution in [0.5, 0.6) is 0 Å². The Labute approximate surface area is 152 Å². The van der Waals surface area contributed by atoms with Gasteiger partial charge in [0.2, 0.25) is 11.8 Å². The van der Waals surface area contributed by atoms with Crippen LogP contribution in [0.15, 0.2) is 30.6 Å². The fourth-order valence-corrected chi connectivity index (χ4v) is 2.80. The van der Waals surface area contributed by atoms with E-state index in [1.807, 2.05) is 17.0 Å². The molecule has 1 aliphatic rings. The molecule has 2 aromatic heterocycles. The molecule has 1 aliphatic heterocycles. The number of nitrogens with zero attached hydrogens (tertiary/aromatic N) is 4. The van der Waals surface area contributed by atoms with Gasteiger partial charge in [-0.05, 0) is 18.2 Å². The van der Waals surface area contributed by atoms with Crippen molar-refractivity contribution in [1.29, 1.82) is 5.41 Å². The van der Waals surface area contributed by atoms with E-state index in [0.717, 1.165) is 30.2 Å². The van der Waals surface area contributed by atoms with Gasteiger partial charge in [-0.1, -0.05) is 0 Å². The molecule has 8 nitrogen and oxygen atoms in total. The first-order chi connectivity index (χ1) is 12.6. The maximum Gasteiger partial charge on any atom is 0.219 e. The van der Waals surface area contributed by atoms with Crippen molar-refractivity contribution in [3.63, 3.8) is 0 Å². The summed E-state index contributed by atoms with van der Waals surface area (Å²) in [6.45, 7) is 4.57. The highest BCUT2D eigenvalue weighted by molar-refractivity contribution is 5.88. The molecule has 1 amide bonds. The normalized spacial score (nSPS) is 14.7. The summed E-state index contributed by atoms with van der Waals surface area (Å²) < 4.78 is 4.79. The SMILES string of the molecule is COC(=N)/C=C\c1ncc(-c2ccnc(N3CCN(C(C)=O)CC3)c2)[nH]1. The van der Waals surface area contributed by atoms with Crippen molar-refractivity contribution in [3.8, 4) is 11.3 Å². The Morgan fingerprint density at radius 3 is 2.77 bits per heavy atom. The van der Waals surface area contributed by atoms with Gasteiger partial charge in [0.05, 0.1) is 19.0 Å². The van der Waals surface area contributed by atoms with Gasteiger partial charge in [-0.25, -0.2) is 9.97 Å². The van der Waals surface area contributed by atoms with E-state index in [9.17, 15) is 4.79 Å². The minimum absolute atomic E-state index is 0.0684. The molecular weight excluding hydrogens is 332 g/mol. The van der Waals surface area contributed by atoms with Crippen LogP contribution in [0, 0.1) is 5.41 Å². The Balaban J connectivity index is 1.72. The molecule has 3 rings (SSSR count). The molecule has 0 atom stereocenters. The van der Waals surface area contributed by atoms with Gasteiger partial charge in [0.25, 0.3) is 0 Å². The molecule has 3 heterocycles. The number of anilines is 1. The average molecular weight is 354 g/mol. The summed E-state index contributed by atoms with van der Waals surface area (Å²) in [5.41, 5.74) is 1.86. The number of H-pyrrole nitrogens is 1. The first kappa shape index (κ1) is 17.7. The first-order valence-corrected chi connectivity index (χ1v) is 8.39. The van der Waals surface area contributed by atoms with Crippen LogP contribution in [0.2, 0.25) is 0 Å². The lowest BCUT2D eigenvalue weighted by Gasteiger charge is -2.35. The number of methoxy groups -OCH3 is 1. The van der Waals surface area contributed by atoms with Gasteiger partial charge in [0, 0.05) is 50.9 Å². The summed E-state index contributed by atoms with van der Waals surface area (Å²) in [6, 6.07) is 3.94. The van der Waals surface area contributed by atoms with E-state index in [4.69, 9.17) is 10.1 Å². The Hall–Kier alpha value is -3.16. The molecule has 136 valence electrons. The number of nitrogens with one attached hydrogen (secondary N) is 2. The lowest BCUT2D eigenvalue weighted by Crippen LogP contribution is -2.48. The number of ether oxygens (including phenoxy) is 1. The molecule has 0 bridgehead atoms. The highest BCUT2D eigenvalue weighted by Gasteiger charge is 2.19. The number of aromatic amines is 1. The zero-order valence-electron chi connectivity index (χ0n) is 14.9. The molecule has 8 heteroatoms. The molecule has 0 spiro atoms. The lowest BCUT2D eigenvalue weighted by molar-refractivity contribution is -0.129. The number of rotatable bonds is 4. The number of piperazine rings is 1. The summed E-state index contributed by atoms with van der Waals surface area (Å²) in [5, 5.41) is 7.45. The summed E-state index contributed by atoms with van der Waals surface area (Å²) in [5.74, 6) is 1.72. The van der Waals surface area contributed by atoms with E-state index in [0.29, 0.717) is 18.9 Å². The molecule has 26 heavy (non-hydrogen) atoms. The standard InChI is InChI=1S/C18H22N6O2/c1-13(25)23-7-9-24(10-8-23)18-11-14(5-6-20-18)15-12-21-17(22-15)4-3-16(19)26-2/h3-6,11-12,19H,7-10H2,1-2H3,(H,21,22)/b4-3-,19-16?. The van der Waals surface area contributed by atoms with Crippen LogP contribution < -0.4 is 4.90 Å². The van der Waals surface area contributed by atoms with Crippen LogP contribution in [-0.2, 0) is 9.53 Å². The highest BCUT2D eigenvalue weighted by atomic mass is 16.5. The third-order valence-electron chi connectivity index (χ3n) is 4.31. The lowest BCUT2D eigenvalue weighted by atomic mass is 10.2. The molecule has 0 saturated carbocycles.